The van der Waals surface area contributed by atoms with Crippen LogP contribution < -0.4 is 0 Å². The van der Waals surface area contributed by atoms with Gasteiger partial charge in [0.25, 0.3) is 5.91 Å². The Balaban J connectivity index is 2.40. The van der Waals surface area contributed by atoms with E-state index in [0.717, 1.165) is 32.2 Å². The van der Waals surface area contributed by atoms with Gasteiger partial charge in [0.2, 0.25) is 0 Å². The Morgan fingerprint density at radius 1 is 1.24 bits per heavy atom. The second-order valence-corrected chi connectivity index (χ2v) is 7.70. The molecule has 1 aromatic carbocycles. The summed E-state index contributed by atoms with van der Waals surface area (Å²) in [7, 11) is -3.38. The molecule has 1 atom stereocenters. The summed E-state index contributed by atoms with van der Waals surface area (Å²) in [6.45, 7) is 4.40. The fourth-order valence-electron chi connectivity index (χ4n) is 2.92. The Bertz CT molecular complexity index is 610. The summed E-state index contributed by atoms with van der Waals surface area (Å²) in [6, 6.07) is 6.80. The average Bonchev–Trinajstić information content (AvgIpc) is 2.54. The van der Waals surface area contributed by atoms with E-state index in [9.17, 15) is 13.2 Å². The maximum absolute atomic E-state index is 12.8. The van der Waals surface area contributed by atoms with Crippen LogP contribution in [0.15, 0.2) is 29.2 Å². The molecule has 2 rings (SSSR count). The van der Waals surface area contributed by atoms with E-state index in [1.54, 1.807) is 25.1 Å². The highest BCUT2D eigenvalue weighted by Gasteiger charge is 2.29. The second-order valence-electron chi connectivity index (χ2n) is 5.46. The van der Waals surface area contributed by atoms with E-state index in [2.05, 4.69) is 6.92 Å². The van der Waals surface area contributed by atoms with Gasteiger partial charge in [-0.1, -0.05) is 26.0 Å². The highest BCUT2D eigenvalue weighted by Crippen LogP contribution is 2.25. The van der Waals surface area contributed by atoms with Crippen LogP contribution >= 0.6 is 0 Å². The Kier molecular flexibility index (Phi) is 5.04. The molecule has 1 fully saturated rings. The van der Waals surface area contributed by atoms with Crippen LogP contribution in [-0.4, -0.2) is 37.6 Å². The van der Waals surface area contributed by atoms with Crippen LogP contribution in [0, 0.1) is 0 Å². The number of benzene rings is 1. The molecule has 0 bridgehead atoms. The molecule has 1 amide bonds. The molecular weight excluding hydrogens is 286 g/mol. The maximum Gasteiger partial charge on any atom is 0.255 e. The molecule has 1 aliphatic heterocycles. The first-order valence-electron chi connectivity index (χ1n) is 7.64. The van der Waals surface area contributed by atoms with Gasteiger partial charge in [0.05, 0.1) is 16.2 Å². The van der Waals surface area contributed by atoms with Crippen molar-refractivity contribution in [1.82, 2.24) is 4.90 Å². The van der Waals surface area contributed by atoms with Gasteiger partial charge in [-0.05, 0) is 37.8 Å². The van der Waals surface area contributed by atoms with Gasteiger partial charge in [-0.15, -0.1) is 0 Å². The van der Waals surface area contributed by atoms with Gasteiger partial charge in [-0.2, -0.15) is 0 Å². The minimum Gasteiger partial charge on any atom is -0.336 e. The lowest BCUT2D eigenvalue weighted by Crippen LogP contribution is -2.43. The largest absolute Gasteiger partial charge is 0.336 e. The minimum absolute atomic E-state index is 0.00843. The molecule has 0 spiro atoms. The van der Waals surface area contributed by atoms with Crippen LogP contribution in [0.25, 0.3) is 0 Å². The van der Waals surface area contributed by atoms with Crippen molar-refractivity contribution < 1.29 is 13.2 Å². The number of hydrogen-bond acceptors (Lipinski definition) is 3. The lowest BCUT2D eigenvalue weighted by Gasteiger charge is -2.35. The third-order valence-electron chi connectivity index (χ3n) is 4.19. The number of carbonyl (C=O) groups excluding carboxylic acids is 1. The molecule has 4 nitrogen and oxygen atoms in total. The summed E-state index contributed by atoms with van der Waals surface area (Å²) >= 11 is 0. The molecule has 21 heavy (non-hydrogen) atoms. The first kappa shape index (κ1) is 16.0. The van der Waals surface area contributed by atoms with Gasteiger partial charge < -0.3 is 4.90 Å². The Morgan fingerprint density at radius 3 is 2.62 bits per heavy atom. The van der Waals surface area contributed by atoms with Gasteiger partial charge in [-0.3, -0.25) is 4.79 Å². The number of rotatable bonds is 4. The van der Waals surface area contributed by atoms with E-state index in [0.29, 0.717) is 5.56 Å². The molecule has 5 heteroatoms. The van der Waals surface area contributed by atoms with Gasteiger partial charge in [0.1, 0.15) is 0 Å². The predicted molar refractivity (Wildman–Crippen MR) is 83.1 cm³/mol. The normalized spacial score (nSPS) is 19.5. The lowest BCUT2D eigenvalue weighted by atomic mass is 9.99. The summed E-state index contributed by atoms with van der Waals surface area (Å²) in [4.78, 5) is 14.8. The Hall–Kier alpha value is -1.36. The third kappa shape index (κ3) is 3.28. The molecule has 1 heterocycles. The fourth-order valence-corrected chi connectivity index (χ4v) is 4.00. The number of hydrogen-bond donors (Lipinski definition) is 0. The van der Waals surface area contributed by atoms with Crippen molar-refractivity contribution in [3.05, 3.63) is 29.8 Å². The number of piperidine rings is 1. The zero-order valence-corrected chi connectivity index (χ0v) is 13.5. The molecule has 0 saturated carbocycles. The summed E-state index contributed by atoms with van der Waals surface area (Å²) in [5.74, 6) is -0.136. The van der Waals surface area contributed by atoms with Crippen molar-refractivity contribution >= 4 is 15.7 Å². The lowest BCUT2D eigenvalue weighted by molar-refractivity contribution is 0.0604. The van der Waals surface area contributed by atoms with Crippen LogP contribution in [0.2, 0.25) is 0 Å². The molecule has 0 unspecified atom stereocenters. The number of nitrogens with zero attached hydrogens (tertiary/aromatic N) is 1. The van der Waals surface area contributed by atoms with E-state index < -0.39 is 9.84 Å². The zero-order valence-electron chi connectivity index (χ0n) is 12.7. The van der Waals surface area contributed by atoms with E-state index >= 15 is 0 Å². The zero-order chi connectivity index (χ0) is 15.5. The van der Waals surface area contributed by atoms with Crippen molar-refractivity contribution in [3.8, 4) is 0 Å². The standard InChI is InChI=1S/C16H23NO3S/c1-3-13-9-7-8-12-17(13)16(18)14-10-5-6-11-15(14)21(19,20)4-2/h5-6,10-11,13H,3-4,7-9,12H2,1-2H3/t13-/m1/s1. The summed E-state index contributed by atoms with van der Waals surface area (Å²) < 4.78 is 24.4. The Morgan fingerprint density at radius 2 is 1.95 bits per heavy atom. The highest BCUT2D eigenvalue weighted by molar-refractivity contribution is 7.91. The van der Waals surface area contributed by atoms with E-state index in [1.807, 2.05) is 4.90 Å². The third-order valence-corrected chi connectivity index (χ3v) is 5.98. The number of likely N-dealkylation sites (tertiary alicyclic amines) is 1. The molecule has 116 valence electrons. The van der Waals surface area contributed by atoms with Gasteiger partial charge in [0.15, 0.2) is 9.84 Å². The van der Waals surface area contributed by atoms with E-state index in [-0.39, 0.29) is 22.6 Å². The Labute approximate surface area is 127 Å². The van der Waals surface area contributed by atoms with Crippen LogP contribution in [0.3, 0.4) is 0 Å². The number of carbonyl (C=O) groups is 1. The van der Waals surface area contributed by atoms with Gasteiger partial charge >= 0.3 is 0 Å². The molecule has 1 aromatic rings. The van der Waals surface area contributed by atoms with Crippen LogP contribution in [-0.2, 0) is 9.84 Å². The van der Waals surface area contributed by atoms with Crippen molar-refractivity contribution in [1.29, 1.82) is 0 Å². The highest BCUT2D eigenvalue weighted by atomic mass is 32.2. The van der Waals surface area contributed by atoms with Crippen LogP contribution in [0.1, 0.15) is 49.9 Å². The minimum atomic E-state index is -3.38. The van der Waals surface area contributed by atoms with E-state index in [4.69, 9.17) is 0 Å². The van der Waals surface area contributed by atoms with Crippen LogP contribution in [0.4, 0.5) is 0 Å². The molecule has 1 aliphatic rings. The maximum atomic E-state index is 12.8. The molecular formula is C16H23NO3S. The molecule has 0 radical (unpaired) electrons. The first-order chi connectivity index (χ1) is 10.0. The molecule has 1 saturated heterocycles. The number of sulfone groups is 1. The van der Waals surface area contributed by atoms with Crippen molar-refractivity contribution in [3.63, 3.8) is 0 Å². The summed E-state index contributed by atoms with van der Waals surface area (Å²) in [6.07, 6.45) is 4.04. The SMILES string of the molecule is CC[C@@H]1CCCCN1C(=O)c1ccccc1S(=O)(=O)CC. The van der Waals surface area contributed by atoms with Crippen molar-refractivity contribution in [2.75, 3.05) is 12.3 Å². The van der Waals surface area contributed by atoms with Crippen LogP contribution in [0.5, 0.6) is 0 Å². The number of amides is 1. The predicted octanol–water partition coefficient (Wildman–Crippen LogP) is 2.88. The first-order valence-corrected chi connectivity index (χ1v) is 9.29. The molecule has 0 N–H and O–H groups in total. The van der Waals surface area contributed by atoms with Crippen molar-refractivity contribution in [2.45, 2.75) is 50.5 Å². The van der Waals surface area contributed by atoms with Gasteiger partial charge in [0, 0.05) is 12.6 Å². The van der Waals surface area contributed by atoms with Crippen molar-refractivity contribution in [2.24, 2.45) is 0 Å². The summed E-state index contributed by atoms with van der Waals surface area (Å²) in [5, 5.41) is 0. The fraction of sp³-hybridized carbons (Fsp3) is 0.562. The quantitative estimate of drug-likeness (QED) is 0.859. The summed E-state index contributed by atoms with van der Waals surface area (Å²) in [5.41, 5.74) is 0.319. The monoisotopic (exact) mass is 309 g/mol. The van der Waals surface area contributed by atoms with E-state index in [1.165, 1.54) is 6.07 Å². The topological polar surface area (TPSA) is 54.5 Å². The second kappa shape index (κ2) is 6.60. The van der Waals surface area contributed by atoms with Gasteiger partial charge in [-0.25, -0.2) is 8.42 Å². The molecule has 0 aliphatic carbocycles. The molecule has 0 aromatic heterocycles. The smallest absolute Gasteiger partial charge is 0.255 e. The average molecular weight is 309 g/mol.